The lowest BCUT2D eigenvalue weighted by Gasteiger charge is -2.15. The van der Waals surface area contributed by atoms with E-state index < -0.39 is 5.60 Å². The van der Waals surface area contributed by atoms with Gasteiger partial charge in [0.25, 0.3) is 0 Å². The second-order valence-electron chi connectivity index (χ2n) is 2.22. The summed E-state index contributed by atoms with van der Waals surface area (Å²) in [5.41, 5.74) is -0.431. The fourth-order valence-corrected chi connectivity index (χ4v) is 0.574. The molecule has 1 atom stereocenters. The van der Waals surface area contributed by atoms with E-state index in [4.69, 9.17) is 14.6 Å². The minimum absolute atomic E-state index is 0.0347. The Bertz CT molecular complexity index is 75.7. The third-order valence-electron chi connectivity index (χ3n) is 1.23. The Balaban J connectivity index is 2.40. The highest BCUT2D eigenvalue weighted by Crippen LogP contribution is 2.15. The van der Waals surface area contributed by atoms with Crippen molar-refractivity contribution in [2.45, 2.75) is 12.5 Å². The first-order valence-electron chi connectivity index (χ1n) is 2.59. The summed E-state index contributed by atoms with van der Waals surface area (Å²) in [6, 6.07) is 0. The summed E-state index contributed by atoms with van der Waals surface area (Å²) in [6.07, 6.45) is 0. The summed E-state index contributed by atoms with van der Waals surface area (Å²) >= 11 is 0. The molecule has 0 bridgehead atoms. The SMILES string of the molecule is CC1(CO)COCO1. The first kappa shape index (κ1) is 6.01. The van der Waals surface area contributed by atoms with Gasteiger partial charge >= 0.3 is 0 Å². The Morgan fingerprint density at radius 3 is 2.75 bits per heavy atom. The van der Waals surface area contributed by atoms with Gasteiger partial charge in [-0.1, -0.05) is 0 Å². The van der Waals surface area contributed by atoms with Crippen LogP contribution in [-0.2, 0) is 9.47 Å². The number of aliphatic hydroxyl groups excluding tert-OH is 1. The molecule has 1 fully saturated rings. The zero-order chi connectivity index (χ0) is 6.04. The van der Waals surface area contributed by atoms with Crippen LogP contribution in [0.15, 0.2) is 0 Å². The maximum absolute atomic E-state index is 8.62. The van der Waals surface area contributed by atoms with Crippen LogP contribution in [0.4, 0.5) is 0 Å². The van der Waals surface area contributed by atoms with E-state index in [1.54, 1.807) is 0 Å². The predicted molar refractivity (Wildman–Crippen MR) is 27.4 cm³/mol. The molecule has 1 saturated heterocycles. The molecule has 0 saturated carbocycles. The first-order chi connectivity index (χ1) is 3.77. The van der Waals surface area contributed by atoms with Gasteiger partial charge < -0.3 is 14.6 Å². The van der Waals surface area contributed by atoms with Crippen LogP contribution in [0.3, 0.4) is 0 Å². The van der Waals surface area contributed by atoms with Crippen molar-refractivity contribution in [2.75, 3.05) is 20.0 Å². The molecule has 0 radical (unpaired) electrons. The molecule has 1 aliphatic heterocycles. The zero-order valence-electron chi connectivity index (χ0n) is 4.89. The van der Waals surface area contributed by atoms with Gasteiger partial charge in [-0.2, -0.15) is 0 Å². The second kappa shape index (κ2) is 2.01. The van der Waals surface area contributed by atoms with Crippen molar-refractivity contribution in [3.63, 3.8) is 0 Å². The van der Waals surface area contributed by atoms with Crippen molar-refractivity contribution in [3.05, 3.63) is 0 Å². The van der Waals surface area contributed by atoms with Crippen molar-refractivity contribution < 1.29 is 14.6 Å². The molecule has 48 valence electrons. The van der Waals surface area contributed by atoms with Crippen molar-refractivity contribution in [1.29, 1.82) is 0 Å². The first-order valence-corrected chi connectivity index (χ1v) is 2.59. The average molecular weight is 118 g/mol. The molecule has 3 nitrogen and oxygen atoms in total. The minimum atomic E-state index is -0.431. The lowest BCUT2D eigenvalue weighted by molar-refractivity contribution is -0.0285. The fourth-order valence-electron chi connectivity index (χ4n) is 0.574. The van der Waals surface area contributed by atoms with Gasteiger partial charge in [-0.3, -0.25) is 0 Å². The Hall–Kier alpha value is -0.120. The van der Waals surface area contributed by atoms with Crippen LogP contribution in [0.2, 0.25) is 0 Å². The second-order valence-corrected chi connectivity index (χ2v) is 2.22. The topological polar surface area (TPSA) is 38.7 Å². The highest BCUT2D eigenvalue weighted by Gasteiger charge is 2.29. The molecule has 1 unspecified atom stereocenters. The van der Waals surface area contributed by atoms with E-state index in [1.807, 2.05) is 6.92 Å². The summed E-state index contributed by atoms with van der Waals surface area (Å²) in [5.74, 6) is 0. The Kier molecular flexibility index (Phi) is 1.51. The third-order valence-corrected chi connectivity index (χ3v) is 1.23. The predicted octanol–water partition coefficient (Wildman–Crippen LogP) is -0.258. The van der Waals surface area contributed by atoms with Gasteiger partial charge in [0, 0.05) is 0 Å². The standard InChI is InChI=1S/C5H10O3/c1-5(2-6)3-7-4-8-5/h6H,2-4H2,1H3. The van der Waals surface area contributed by atoms with Crippen LogP contribution in [-0.4, -0.2) is 30.7 Å². The van der Waals surface area contributed by atoms with Crippen molar-refractivity contribution >= 4 is 0 Å². The third kappa shape index (κ3) is 0.992. The lowest BCUT2D eigenvalue weighted by atomic mass is 10.1. The van der Waals surface area contributed by atoms with Crippen LogP contribution in [0.1, 0.15) is 6.92 Å². The molecule has 1 N–H and O–H groups in total. The summed E-state index contributed by atoms with van der Waals surface area (Å²) in [5, 5.41) is 8.62. The summed E-state index contributed by atoms with van der Waals surface area (Å²) in [7, 11) is 0. The average Bonchev–Trinajstić information content (AvgIpc) is 2.17. The zero-order valence-corrected chi connectivity index (χ0v) is 4.89. The van der Waals surface area contributed by atoms with Crippen molar-refractivity contribution in [2.24, 2.45) is 0 Å². The van der Waals surface area contributed by atoms with E-state index >= 15 is 0 Å². The fraction of sp³-hybridized carbons (Fsp3) is 1.00. The number of rotatable bonds is 1. The number of hydrogen-bond donors (Lipinski definition) is 1. The Morgan fingerprint density at radius 2 is 2.50 bits per heavy atom. The smallest absolute Gasteiger partial charge is 0.147 e. The molecule has 1 aliphatic rings. The molecule has 0 aliphatic carbocycles. The molecule has 0 aromatic heterocycles. The Labute approximate surface area is 48.2 Å². The summed E-state index contributed by atoms with van der Waals surface area (Å²) in [6.45, 7) is 2.67. The normalized spacial score (nSPS) is 38.2. The molecular weight excluding hydrogens is 108 g/mol. The molecule has 3 heteroatoms. The highest BCUT2D eigenvalue weighted by atomic mass is 16.7. The van der Waals surface area contributed by atoms with Gasteiger partial charge in [-0.25, -0.2) is 0 Å². The Morgan fingerprint density at radius 1 is 1.75 bits per heavy atom. The van der Waals surface area contributed by atoms with Crippen molar-refractivity contribution in [3.8, 4) is 0 Å². The van der Waals surface area contributed by atoms with Gasteiger partial charge in [0.05, 0.1) is 13.2 Å². The minimum Gasteiger partial charge on any atom is -0.393 e. The van der Waals surface area contributed by atoms with Crippen LogP contribution in [0.5, 0.6) is 0 Å². The van der Waals surface area contributed by atoms with E-state index in [0.29, 0.717) is 13.4 Å². The molecule has 0 aromatic rings. The van der Waals surface area contributed by atoms with Gasteiger partial charge in [0.1, 0.15) is 12.4 Å². The van der Waals surface area contributed by atoms with Crippen LogP contribution in [0.25, 0.3) is 0 Å². The summed E-state index contributed by atoms with van der Waals surface area (Å²) in [4.78, 5) is 0. The van der Waals surface area contributed by atoms with E-state index in [1.165, 1.54) is 0 Å². The number of aliphatic hydroxyl groups is 1. The van der Waals surface area contributed by atoms with E-state index in [9.17, 15) is 0 Å². The maximum atomic E-state index is 8.62. The largest absolute Gasteiger partial charge is 0.393 e. The van der Waals surface area contributed by atoms with E-state index in [0.717, 1.165) is 0 Å². The molecule has 0 spiro atoms. The molecule has 0 aromatic carbocycles. The lowest BCUT2D eigenvalue weighted by Crippen LogP contribution is -2.31. The van der Waals surface area contributed by atoms with Gasteiger partial charge in [-0.05, 0) is 6.92 Å². The number of ether oxygens (including phenoxy) is 2. The molecular formula is C5H10O3. The highest BCUT2D eigenvalue weighted by molar-refractivity contribution is 4.75. The number of hydrogen-bond acceptors (Lipinski definition) is 3. The van der Waals surface area contributed by atoms with Gasteiger partial charge in [0.15, 0.2) is 0 Å². The van der Waals surface area contributed by atoms with Crippen LogP contribution >= 0.6 is 0 Å². The van der Waals surface area contributed by atoms with E-state index in [-0.39, 0.29) is 6.61 Å². The summed E-state index contributed by atoms with van der Waals surface area (Å²) < 4.78 is 9.89. The molecule has 8 heavy (non-hydrogen) atoms. The molecule has 1 heterocycles. The molecule has 0 amide bonds. The maximum Gasteiger partial charge on any atom is 0.147 e. The van der Waals surface area contributed by atoms with E-state index in [2.05, 4.69) is 0 Å². The van der Waals surface area contributed by atoms with Crippen LogP contribution < -0.4 is 0 Å². The monoisotopic (exact) mass is 118 g/mol. The van der Waals surface area contributed by atoms with Crippen LogP contribution in [0, 0.1) is 0 Å². The molecule has 1 rings (SSSR count). The van der Waals surface area contributed by atoms with Crippen molar-refractivity contribution in [1.82, 2.24) is 0 Å². The van der Waals surface area contributed by atoms with Gasteiger partial charge in [0.2, 0.25) is 0 Å². The van der Waals surface area contributed by atoms with Gasteiger partial charge in [-0.15, -0.1) is 0 Å². The quantitative estimate of drug-likeness (QED) is 0.515.